The van der Waals surface area contributed by atoms with Gasteiger partial charge < -0.3 is 21.1 Å². The van der Waals surface area contributed by atoms with Crippen molar-refractivity contribution in [2.24, 2.45) is 0 Å². The lowest BCUT2D eigenvalue weighted by atomic mass is 10.1. The molecule has 1 aromatic carbocycles. The largest absolute Gasteiger partial charge is 0.465 e. The van der Waals surface area contributed by atoms with E-state index in [2.05, 4.69) is 16.0 Å². The van der Waals surface area contributed by atoms with Crippen molar-refractivity contribution >= 4 is 23.4 Å². The van der Waals surface area contributed by atoms with Gasteiger partial charge in [-0.3, -0.25) is 4.79 Å². The van der Waals surface area contributed by atoms with Crippen LogP contribution >= 0.6 is 0 Å². The number of amides is 2. The van der Waals surface area contributed by atoms with Gasteiger partial charge in [-0.05, 0) is 12.1 Å². The number of fused-ring (bicyclic) bond motifs is 1. The lowest BCUT2D eigenvalue weighted by molar-refractivity contribution is -0.117. The molecule has 18 heavy (non-hydrogen) atoms. The summed E-state index contributed by atoms with van der Waals surface area (Å²) in [6.45, 7) is 0.125. The van der Waals surface area contributed by atoms with Crippen LogP contribution in [-0.2, 0) is 4.79 Å². The molecule has 0 aromatic heterocycles. The van der Waals surface area contributed by atoms with Crippen LogP contribution in [0.4, 0.5) is 16.2 Å². The van der Waals surface area contributed by atoms with E-state index >= 15 is 0 Å². The van der Waals surface area contributed by atoms with Crippen molar-refractivity contribution in [3.63, 3.8) is 0 Å². The summed E-state index contributed by atoms with van der Waals surface area (Å²) < 4.78 is 0. The first kappa shape index (κ1) is 11.7. The minimum atomic E-state index is -1.27. The fraction of sp³-hybridized carbons (Fsp3) is 0.182. The summed E-state index contributed by atoms with van der Waals surface area (Å²) in [4.78, 5) is 22.3. The molecule has 0 fully saturated rings. The van der Waals surface area contributed by atoms with E-state index in [0.29, 0.717) is 16.9 Å². The smallest absolute Gasteiger partial charge is 0.405 e. The molecule has 0 radical (unpaired) electrons. The van der Waals surface area contributed by atoms with Crippen LogP contribution in [0, 0.1) is 11.3 Å². The van der Waals surface area contributed by atoms with Gasteiger partial charge in [-0.25, -0.2) is 4.79 Å². The Morgan fingerprint density at radius 1 is 1.56 bits per heavy atom. The highest BCUT2D eigenvalue weighted by molar-refractivity contribution is 6.02. The Labute approximate surface area is 102 Å². The van der Waals surface area contributed by atoms with Gasteiger partial charge in [0.1, 0.15) is 12.1 Å². The van der Waals surface area contributed by atoms with Crippen molar-refractivity contribution in [1.82, 2.24) is 5.32 Å². The molecule has 1 aliphatic rings. The van der Waals surface area contributed by atoms with Crippen LogP contribution in [0.5, 0.6) is 0 Å². The van der Waals surface area contributed by atoms with E-state index in [1.165, 1.54) is 0 Å². The van der Waals surface area contributed by atoms with Gasteiger partial charge in [-0.1, -0.05) is 6.07 Å². The number of benzene rings is 1. The summed E-state index contributed by atoms with van der Waals surface area (Å²) in [5.41, 5.74) is 1.29. The van der Waals surface area contributed by atoms with E-state index in [-0.39, 0.29) is 6.54 Å². The Hall–Kier alpha value is -2.75. The second kappa shape index (κ2) is 4.63. The number of carbonyl (C=O) groups is 2. The maximum Gasteiger partial charge on any atom is 0.405 e. The number of carbonyl (C=O) groups excluding carboxylic acids is 1. The Morgan fingerprint density at radius 3 is 3.00 bits per heavy atom. The molecule has 0 spiro atoms. The minimum absolute atomic E-state index is 0.125. The van der Waals surface area contributed by atoms with Crippen LogP contribution in [0.3, 0.4) is 0 Å². The molecule has 1 atom stereocenters. The highest BCUT2D eigenvalue weighted by Crippen LogP contribution is 2.27. The molecular weight excluding hydrogens is 236 g/mol. The van der Waals surface area contributed by atoms with Gasteiger partial charge in [-0.2, -0.15) is 5.26 Å². The first-order chi connectivity index (χ1) is 8.61. The number of rotatable bonds is 1. The van der Waals surface area contributed by atoms with E-state index < -0.39 is 18.0 Å². The van der Waals surface area contributed by atoms with Gasteiger partial charge in [0.25, 0.3) is 0 Å². The average Bonchev–Trinajstić information content (AvgIpc) is 2.49. The number of hydrogen-bond acceptors (Lipinski definition) is 4. The number of para-hydroxylation sites is 1. The van der Waals surface area contributed by atoms with Crippen molar-refractivity contribution in [1.29, 1.82) is 5.26 Å². The fourth-order valence-corrected chi connectivity index (χ4v) is 1.71. The molecule has 92 valence electrons. The van der Waals surface area contributed by atoms with Crippen LogP contribution in [0.25, 0.3) is 0 Å². The molecule has 4 N–H and O–H groups in total. The molecule has 7 heteroatoms. The molecule has 2 amide bonds. The average molecular weight is 246 g/mol. The Balaban J connectivity index is 2.31. The third-order valence-electron chi connectivity index (χ3n) is 2.54. The number of anilines is 2. The number of nitrogens with one attached hydrogen (secondary N) is 3. The molecule has 7 nitrogen and oxygen atoms in total. The quantitative estimate of drug-likeness (QED) is 0.578. The number of nitriles is 1. The van der Waals surface area contributed by atoms with Crippen molar-refractivity contribution in [3.05, 3.63) is 23.8 Å². The number of nitrogens with zero attached hydrogens (tertiary/aromatic N) is 1. The monoisotopic (exact) mass is 246 g/mol. The topological polar surface area (TPSA) is 114 Å². The van der Waals surface area contributed by atoms with Crippen LogP contribution in [0.15, 0.2) is 18.2 Å². The first-order valence-electron chi connectivity index (χ1n) is 5.19. The van der Waals surface area contributed by atoms with Gasteiger partial charge in [0.15, 0.2) is 0 Å². The Morgan fingerprint density at radius 2 is 2.33 bits per heavy atom. The number of carboxylic acid groups (broad SMARTS) is 1. The molecule has 0 saturated heterocycles. The van der Waals surface area contributed by atoms with Gasteiger partial charge in [0, 0.05) is 6.54 Å². The van der Waals surface area contributed by atoms with Crippen LogP contribution < -0.4 is 16.0 Å². The zero-order valence-corrected chi connectivity index (χ0v) is 9.23. The summed E-state index contributed by atoms with van der Waals surface area (Å²) in [7, 11) is 0. The van der Waals surface area contributed by atoms with Crippen LogP contribution in [-0.4, -0.2) is 29.7 Å². The summed E-state index contributed by atoms with van der Waals surface area (Å²) >= 11 is 0. The van der Waals surface area contributed by atoms with Crippen LogP contribution in [0.1, 0.15) is 5.56 Å². The van der Waals surface area contributed by atoms with E-state index in [1.54, 1.807) is 18.2 Å². The van der Waals surface area contributed by atoms with Crippen molar-refractivity contribution in [3.8, 4) is 6.07 Å². The minimum Gasteiger partial charge on any atom is -0.465 e. The van der Waals surface area contributed by atoms with Crippen molar-refractivity contribution in [2.75, 3.05) is 17.2 Å². The standard InChI is InChI=1S/C11H10N4O3/c12-4-6-2-1-3-7-9(6)15-10(16)8(5-13-7)14-11(17)18/h1-3,8,13-14H,5H2,(H,15,16)(H,17,18). The maximum atomic E-state index is 11.8. The highest BCUT2D eigenvalue weighted by Gasteiger charge is 2.25. The van der Waals surface area contributed by atoms with Gasteiger partial charge in [0.05, 0.1) is 16.9 Å². The second-order valence-electron chi connectivity index (χ2n) is 3.71. The van der Waals surface area contributed by atoms with Crippen LogP contribution in [0.2, 0.25) is 0 Å². The molecule has 1 unspecified atom stereocenters. The molecule has 0 aliphatic carbocycles. The summed E-state index contributed by atoms with van der Waals surface area (Å²) in [5, 5.41) is 25.1. The van der Waals surface area contributed by atoms with E-state index in [4.69, 9.17) is 10.4 Å². The maximum absolute atomic E-state index is 11.8. The lowest BCUT2D eigenvalue weighted by Gasteiger charge is -2.12. The molecule has 1 aliphatic heterocycles. The normalized spacial score (nSPS) is 17.5. The second-order valence-corrected chi connectivity index (χ2v) is 3.71. The molecular formula is C11H10N4O3. The SMILES string of the molecule is N#Cc1cccc2c1NC(=O)C(NC(=O)O)CN2. The Bertz CT molecular complexity index is 550. The molecule has 0 saturated carbocycles. The van der Waals surface area contributed by atoms with Gasteiger partial charge in [-0.15, -0.1) is 0 Å². The number of hydrogen-bond donors (Lipinski definition) is 4. The zero-order chi connectivity index (χ0) is 13.1. The van der Waals surface area contributed by atoms with Crippen molar-refractivity contribution in [2.45, 2.75) is 6.04 Å². The zero-order valence-electron chi connectivity index (χ0n) is 9.23. The van der Waals surface area contributed by atoms with Crippen molar-refractivity contribution < 1.29 is 14.7 Å². The predicted molar refractivity (Wildman–Crippen MR) is 63.2 cm³/mol. The predicted octanol–water partition coefficient (Wildman–Crippen LogP) is 0.558. The highest BCUT2D eigenvalue weighted by atomic mass is 16.4. The van der Waals surface area contributed by atoms with Gasteiger partial charge in [0.2, 0.25) is 5.91 Å². The lowest BCUT2D eigenvalue weighted by Crippen LogP contribution is -2.46. The first-order valence-corrected chi connectivity index (χ1v) is 5.19. The molecule has 1 aromatic rings. The third kappa shape index (κ3) is 2.17. The van der Waals surface area contributed by atoms with E-state index in [0.717, 1.165) is 0 Å². The van der Waals surface area contributed by atoms with E-state index in [1.807, 2.05) is 6.07 Å². The van der Waals surface area contributed by atoms with E-state index in [9.17, 15) is 9.59 Å². The van der Waals surface area contributed by atoms with Gasteiger partial charge >= 0.3 is 6.09 Å². The molecule has 1 heterocycles. The summed E-state index contributed by atoms with van der Waals surface area (Å²) in [5.74, 6) is -0.494. The molecule has 2 rings (SSSR count). The molecule has 0 bridgehead atoms. The summed E-state index contributed by atoms with van der Waals surface area (Å²) in [6, 6.07) is 6.03. The Kier molecular flexibility index (Phi) is 3.02. The summed E-state index contributed by atoms with van der Waals surface area (Å²) in [6.07, 6.45) is -1.27. The fourth-order valence-electron chi connectivity index (χ4n) is 1.71. The third-order valence-corrected chi connectivity index (χ3v) is 2.54.